The zero-order chi connectivity index (χ0) is 13.5. The van der Waals surface area contributed by atoms with Gasteiger partial charge in [0.25, 0.3) is 0 Å². The Morgan fingerprint density at radius 1 is 1.50 bits per heavy atom. The highest BCUT2D eigenvalue weighted by molar-refractivity contribution is 5.89. The maximum Gasteiger partial charge on any atom is 0.335 e. The lowest BCUT2D eigenvalue weighted by Gasteiger charge is -2.19. The van der Waals surface area contributed by atoms with Gasteiger partial charge in [-0.15, -0.1) is 0 Å². The Bertz CT molecular complexity index is 467. The van der Waals surface area contributed by atoms with Crippen molar-refractivity contribution < 1.29 is 9.90 Å². The lowest BCUT2D eigenvalue weighted by molar-refractivity contribution is 0.0695. The van der Waals surface area contributed by atoms with Crippen molar-refractivity contribution in [2.75, 3.05) is 14.1 Å². The van der Waals surface area contributed by atoms with Crippen molar-refractivity contribution >= 4 is 5.97 Å². The molecule has 0 fully saturated rings. The Balaban J connectivity index is 2.79. The predicted molar refractivity (Wildman–Crippen MR) is 68.3 cm³/mol. The van der Waals surface area contributed by atoms with Crippen molar-refractivity contribution in [1.29, 1.82) is 0 Å². The van der Waals surface area contributed by atoms with Crippen molar-refractivity contribution in [1.82, 2.24) is 4.90 Å². The summed E-state index contributed by atoms with van der Waals surface area (Å²) in [7, 11) is 3.64. The van der Waals surface area contributed by atoms with Gasteiger partial charge in [-0.2, -0.15) is 0 Å². The molecule has 96 valence electrons. The Labute approximate surface area is 105 Å². The first-order valence-corrected chi connectivity index (χ1v) is 5.58. The molecule has 0 aliphatic rings. The van der Waals surface area contributed by atoms with Crippen molar-refractivity contribution in [3.63, 3.8) is 0 Å². The van der Waals surface area contributed by atoms with Crippen LogP contribution in [0.25, 0.3) is 10.4 Å². The van der Waals surface area contributed by atoms with Crippen molar-refractivity contribution in [3.8, 4) is 0 Å². The van der Waals surface area contributed by atoms with Gasteiger partial charge in [0.15, 0.2) is 0 Å². The molecule has 0 aliphatic heterocycles. The first-order chi connectivity index (χ1) is 8.56. The van der Waals surface area contributed by atoms with E-state index in [0.29, 0.717) is 18.4 Å². The van der Waals surface area contributed by atoms with Gasteiger partial charge in [0, 0.05) is 4.91 Å². The molecule has 1 aromatic carbocycles. The lowest BCUT2D eigenvalue weighted by atomic mass is 10.0. The van der Waals surface area contributed by atoms with Crippen LogP contribution in [0.1, 0.15) is 22.3 Å². The topological polar surface area (TPSA) is 89.3 Å². The number of benzene rings is 1. The van der Waals surface area contributed by atoms with E-state index < -0.39 is 5.97 Å². The quantitative estimate of drug-likeness (QED) is 0.476. The van der Waals surface area contributed by atoms with E-state index in [1.807, 2.05) is 19.0 Å². The molecule has 6 nitrogen and oxygen atoms in total. The van der Waals surface area contributed by atoms with Crippen LogP contribution in [0.15, 0.2) is 29.4 Å². The maximum absolute atomic E-state index is 11.0. The molecule has 0 radical (unpaired) electrons. The number of azide groups is 1. The van der Waals surface area contributed by atoms with Crippen LogP contribution in [0, 0.1) is 0 Å². The molecule has 18 heavy (non-hydrogen) atoms. The third-order valence-electron chi connectivity index (χ3n) is 2.70. The minimum Gasteiger partial charge on any atom is -0.478 e. The zero-order valence-electron chi connectivity index (χ0n) is 10.4. The first-order valence-electron chi connectivity index (χ1n) is 5.58. The Kier molecular flexibility index (Phi) is 5.17. The van der Waals surface area contributed by atoms with Gasteiger partial charge < -0.3 is 10.0 Å². The molecule has 1 aromatic rings. The molecule has 1 rings (SSSR count). The van der Waals surface area contributed by atoms with E-state index in [1.54, 1.807) is 24.3 Å². The standard InChI is InChI=1S/C12H16N4O2/c1-16(2)11(14-15-13)8-7-9-5-3-4-6-10(9)12(17)18/h3-6,11H,7-8H2,1-2H3,(H,17,18). The third-order valence-corrected chi connectivity index (χ3v) is 2.70. The molecule has 0 aromatic heterocycles. The summed E-state index contributed by atoms with van der Waals surface area (Å²) in [5.41, 5.74) is 9.52. The largest absolute Gasteiger partial charge is 0.478 e. The van der Waals surface area contributed by atoms with Crippen LogP contribution < -0.4 is 0 Å². The van der Waals surface area contributed by atoms with E-state index in [0.717, 1.165) is 5.56 Å². The van der Waals surface area contributed by atoms with Crippen LogP contribution in [0.2, 0.25) is 0 Å². The predicted octanol–water partition coefficient (Wildman–Crippen LogP) is 2.52. The average molecular weight is 248 g/mol. The van der Waals surface area contributed by atoms with Crippen LogP contribution in [-0.2, 0) is 6.42 Å². The van der Waals surface area contributed by atoms with E-state index in [9.17, 15) is 4.79 Å². The highest BCUT2D eigenvalue weighted by atomic mass is 16.4. The minimum atomic E-state index is -0.934. The van der Waals surface area contributed by atoms with Gasteiger partial charge in [-0.1, -0.05) is 23.3 Å². The number of aryl methyl sites for hydroxylation is 1. The van der Waals surface area contributed by atoms with Gasteiger partial charge in [-0.25, -0.2) is 4.79 Å². The van der Waals surface area contributed by atoms with Gasteiger partial charge >= 0.3 is 5.97 Å². The van der Waals surface area contributed by atoms with Crippen molar-refractivity contribution in [3.05, 3.63) is 45.8 Å². The van der Waals surface area contributed by atoms with Crippen LogP contribution in [0.3, 0.4) is 0 Å². The second-order valence-electron chi connectivity index (χ2n) is 4.15. The molecule has 0 amide bonds. The third kappa shape index (κ3) is 3.76. The van der Waals surface area contributed by atoms with Crippen LogP contribution in [0.4, 0.5) is 0 Å². The maximum atomic E-state index is 11.0. The highest BCUT2D eigenvalue weighted by Gasteiger charge is 2.13. The molecule has 0 bridgehead atoms. The summed E-state index contributed by atoms with van der Waals surface area (Å²) in [5, 5.41) is 12.7. The van der Waals surface area contributed by atoms with E-state index in [2.05, 4.69) is 10.0 Å². The van der Waals surface area contributed by atoms with E-state index >= 15 is 0 Å². The monoisotopic (exact) mass is 248 g/mol. The number of carbonyl (C=O) groups is 1. The lowest BCUT2D eigenvalue weighted by Crippen LogP contribution is -2.26. The normalized spacial score (nSPS) is 11.9. The van der Waals surface area contributed by atoms with Gasteiger partial charge in [0.05, 0.1) is 11.7 Å². The summed E-state index contributed by atoms with van der Waals surface area (Å²) in [6.45, 7) is 0. The number of aromatic carboxylic acids is 1. The van der Waals surface area contributed by atoms with E-state index in [1.165, 1.54) is 0 Å². The average Bonchev–Trinajstić information content (AvgIpc) is 2.34. The second kappa shape index (κ2) is 6.64. The van der Waals surface area contributed by atoms with Crippen LogP contribution in [0.5, 0.6) is 0 Å². The summed E-state index contributed by atoms with van der Waals surface area (Å²) in [6, 6.07) is 6.87. The highest BCUT2D eigenvalue weighted by Crippen LogP contribution is 2.14. The molecular weight excluding hydrogens is 232 g/mol. The van der Waals surface area contributed by atoms with E-state index in [-0.39, 0.29) is 6.17 Å². The smallest absolute Gasteiger partial charge is 0.335 e. The number of carboxylic acid groups (broad SMARTS) is 1. The molecule has 1 N–H and O–H groups in total. The molecule has 0 heterocycles. The van der Waals surface area contributed by atoms with Gasteiger partial charge in [0.1, 0.15) is 0 Å². The molecule has 0 aliphatic carbocycles. The minimum absolute atomic E-state index is 0.267. The summed E-state index contributed by atoms with van der Waals surface area (Å²) >= 11 is 0. The molecule has 0 saturated carbocycles. The Morgan fingerprint density at radius 3 is 2.72 bits per heavy atom. The molecule has 1 atom stereocenters. The van der Waals surface area contributed by atoms with Crippen LogP contribution in [-0.4, -0.2) is 36.2 Å². The molecule has 0 saturated heterocycles. The Hall–Kier alpha value is -2.04. The zero-order valence-corrected chi connectivity index (χ0v) is 10.4. The SMILES string of the molecule is CN(C)C(CCc1ccccc1C(=O)O)N=[N+]=[N-]. The number of nitrogens with zero attached hydrogens (tertiary/aromatic N) is 4. The summed E-state index contributed by atoms with van der Waals surface area (Å²) in [4.78, 5) is 15.6. The second-order valence-corrected chi connectivity index (χ2v) is 4.15. The molecular formula is C12H16N4O2. The number of rotatable bonds is 6. The summed E-state index contributed by atoms with van der Waals surface area (Å²) in [5.74, 6) is -0.934. The summed E-state index contributed by atoms with van der Waals surface area (Å²) < 4.78 is 0. The number of hydrogen-bond donors (Lipinski definition) is 1. The molecule has 1 unspecified atom stereocenters. The van der Waals surface area contributed by atoms with Crippen molar-refractivity contribution in [2.45, 2.75) is 19.0 Å². The summed E-state index contributed by atoms with van der Waals surface area (Å²) in [6.07, 6.45) is 0.878. The van der Waals surface area contributed by atoms with Crippen molar-refractivity contribution in [2.24, 2.45) is 5.11 Å². The fraction of sp³-hybridized carbons (Fsp3) is 0.417. The number of carboxylic acids is 1. The van der Waals surface area contributed by atoms with Gasteiger partial charge in [-0.05, 0) is 44.1 Å². The van der Waals surface area contributed by atoms with E-state index in [4.69, 9.17) is 10.6 Å². The van der Waals surface area contributed by atoms with Gasteiger partial charge in [0.2, 0.25) is 0 Å². The van der Waals surface area contributed by atoms with Gasteiger partial charge in [-0.3, -0.25) is 0 Å². The fourth-order valence-electron chi connectivity index (χ4n) is 1.71. The first kappa shape index (κ1) is 14.0. The van der Waals surface area contributed by atoms with Crippen LogP contribution >= 0.6 is 0 Å². The fourth-order valence-corrected chi connectivity index (χ4v) is 1.71. The number of hydrogen-bond acceptors (Lipinski definition) is 3. The molecule has 6 heteroatoms. The molecule has 0 spiro atoms. The Morgan fingerprint density at radius 2 is 2.17 bits per heavy atom.